The second-order valence-corrected chi connectivity index (χ2v) is 20.8. The number of methoxy groups -OCH3 is 2. The summed E-state index contributed by atoms with van der Waals surface area (Å²) in [6.45, 7) is 7.78. The molecule has 1 unspecified atom stereocenters. The lowest BCUT2D eigenvalue weighted by Gasteiger charge is -2.39. The van der Waals surface area contributed by atoms with Crippen LogP contribution >= 0.6 is 8.53 Å². The van der Waals surface area contributed by atoms with Crippen LogP contribution in [0.3, 0.4) is 0 Å². The molecule has 1 aliphatic rings. The molecule has 3 heterocycles. The van der Waals surface area contributed by atoms with Crippen LogP contribution in [0.4, 0.5) is 17.3 Å². The number of nitrogens with zero attached hydrogens (tertiary/aromatic N) is 7. The van der Waals surface area contributed by atoms with Crippen molar-refractivity contribution in [2.45, 2.75) is 76.7 Å². The van der Waals surface area contributed by atoms with Crippen molar-refractivity contribution in [3.8, 4) is 29.1 Å². The van der Waals surface area contributed by atoms with E-state index in [4.69, 9.17) is 47.4 Å². The van der Waals surface area contributed by atoms with Crippen molar-refractivity contribution in [1.29, 1.82) is 5.26 Å². The molecule has 1 fully saturated rings. The fraction of sp³-hybridized carbons (Fsp3) is 0.290. The summed E-state index contributed by atoms with van der Waals surface area (Å²) in [6, 6.07) is 52.6. The van der Waals surface area contributed by atoms with Gasteiger partial charge in [0.2, 0.25) is 5.95 Å². The van der Waals surface area contributed by atoms with Crippen molar-refractivity contribution in [3.05, 3.63) is 193 Å². The molecular formula is C62H65N8O10P. The predicted molar refractivity (Wildman–Crippen MR) is 308 cm³/mol. The number of fused-ring (bicyclic) bond motifs is 1. The van der Waals surface area contributed by atoms with Crippen molar-refractivity contribution in [2.75, 3.05) is 50.9 Å². The molecule has 8 aromatic rings. The van der Waals surface area contributed by atoms with Gasteiger partial charge in [0.25, 0.3) is 20.3 Å². The van der Waals surface area contributed by atoms with E-state index in [0.29, 0.717) is 46.3 Å². The zero-order chi connectivity index (χ0) is 56.7. The van der Waals surface area contributed by atoms with E-state index in [1.807, 2.05) is 95.6 Å². The van der Waals surface area contributed by atoms with Crippen LogP contribution in [0.1, 0.15) is 63.5 Å². The van der Waals surface area contributed by atoms with Gasteiger partial charge in [-0.1, -0.05) is 97.1 Å². The van der Waals surface area contributed by atoms with E-state index in [-0.39, 0.29) is 43.4 Å². The van der Waals surface area contributed by atoms with Crippen LogP contribution in [0.15, 0.2) is 176 Å². The first-order valence-electron chi connectivity index (χ1n) is 26.6. The summed E-state index contributed by atoms with van der Waals surface area (Å²) in [6.07, 6.45) is 1.84. The Hall–Kier alpha value is -8.27. The Bertz CT molecular complexity index is 3240. The fourth-order valence-electron chi connectivity index (χ4n) is 9.65. The molecule has 1 N–H and O–H groups in total. The molecule has 2 aromatic heterocycles. The normalized spacial score (nSPS) is 15.6. The minimum absolute atomic E-state index is 0.0363. The van der Waals surface area contributed by atoms with Crippen LogP contribution in [0.2, 0.25) is 0 Å². The van der Waals surface area contributed by atoms with E-state index < -0.39 is 57.6 Å². The molecule has 1 aliphatic heterocycles. The molecule has 0 aliphatic carbocycles. The van der Waals surface area contributed by atoms with E-state index in [0.717, 1.165) is 21.6 Å². The summed E-state index contributed by atoms with van der Waals surface area (Å²) >= 11 is 0. The highest BCUT2D eigenvalue weighted by Crippen LogP contribution is 2.51. The maximum Gasteiger partial charge on any atom is 0.271 e. The largest absolute Gasteiger partial charge is 0.497 e. The number of imide groups is 1. The van der Waals surface area contributed by atoms with E-state index in [2.05, 4.69) is 48.7 Å². The number of benzene rings is 6. The number of hydrogen-bond donors (Lipinski definition) is 1. The van der Waals surface area contributed by atoms with Crippen LogP contribution < -0.4 is 29.2 Å². The molecule has 0 radical (unpaired) electrons. The standard InChI is InChI=1S/C62H65N8O10P/c1-43(2)70(44(3)4)81(78-35-17-34-63)80-55-37-59(79-56(55)39-77-62(45-18-10-7-11-19-45,46-26-30-50(73-5)31-27-46)47-28-32-51(74-6)33-29-47)68-42-65-54-38-64-61(67-60(54)68)66-48-20-16-21-49(36-48)69(57(71)40-75-52-22-12-8-13-23-52)58(72)41-76-53-24-14-9-15-25-53/h7-16,18-33,36,38,42-44,55-56,59H,17,35,37,39-41H2,1-6H3,(H,64,66,67)/t55-,56+,59+,81?/m0/s1. The SMILES string of the molecule is COc1ccc(C(OC[C@H]2O[C@@H](n3cnc4cnc(Nc5cccc(N(C(=O)COc6ccccc6)C(=O)COc6ccccc6)c5)nc43)C[C@@H]2OP(OCCC#N)N(C(C)C)C(C)C)(c2ccccc2)c2ccc(OC)cc2)cc1. The number of anilines is 3. The summed E-state index contributed by atoms with van der Waals surface area (Å²) in [5.41, 5.74) is 3.13. The number of para-hydroxylation sites is 2. The minimum Gasteiger partial charge on any atom is -0.497 e. The van der Waals surface area contributed by atoms with Crippen molar-refractivity contribution >= 4 is 48.8 Å². The maximum absolute atomic E-state index is 13.9. The summed E-state index contributed by atoms with van der Waals surface area (Å²) in [5, 5.41) is 12.8. The van der Waals surface area contributed by atoms with Gasteiger partial charge in [0, 0.05) is 24.2 Å². The summed E-state index contributed by atoms with van der Waals surface area (Å²) in [4.78, 5) is 43.2. The molecule has 9 rings (SSSR count). The first kappa shape index (κ1) is 57.4. The molecule has 0 spiro atoms. The van der Waals surface area contributed by atoms with Gasteiger partial charge in [0.05, 0.1) is 64.2 Å². The lowest BCUT2D eigenvalue weighted by Crippen LogP contribution is -2.42. The second kappa shape index (κ2) is 27.3. The minimum atomic E-state index is -1.72. The predicted octanol–water partition coefficient (Wildman–Crippen LogP) is 11.6. The van der Waals surface area contributed by atoms with Crippen molar-refractivity contribution < 1.29 is 47.1 Å². The second-order valence-electron chi connectivity index (χ2n) is 19.4. The number of ether oxygens (including phenoxy) is 6. The molecule has 1 saturated heterocycles. The molecule has 418 valence electrons. The highest BCUT2D eigenvalue weighted by molar-refractivity contribution is 7.44. The lowest BCUT2D eigenvalue weighted by atomic mass is 9.80. The average Bonchev–Trinajstić information content (AvgIpc) is 4.26. The number of imidazole rings is 1. The monoisotopic (exact) mass is 1110 g/mol. The van der Waals surface area contributed by atoms with Gasteiger partial charge in [-0.15, -0.1) is 0 Å². The first-order chi connectivity index (χ1) is 39.5. The topological polar surface area (TPSA) is 194 Å². The zero-order valence-corrected chi connectivity index (χ0v) is 46.9. The number of carbonyl (C=O) groups is 2. The van der Waals surface area contributed by atoms with Gasteiger partial charge in [-0.25, -0.2) is 19.5 Å². The number of hydrogen-bond acceptors (Lipinski definition) is 16. The van der Waals surface area contributed by atoms with Gasteiger partial charge in [-0.3, -0.25) is 14.2 Å². The number of rotatable bonds is 26. The lowest BCUT2D eigenvalue weighted by molar-refractivity contribution is -0.128. The quantitative estimate of drug-likeness (QED) is 0.0305. The smallest absolute Gasteiger partial charge is 0.271 e. The van der Waals surface area contributed by atoms with Crippen LogP contribution in [0.25, 0.3) is 11.2 Å². The molecule has 0 bridgehead atoms. The van der Waals surface area contributed by atoms with E-state index >= 15 is 0 Å². The van der Waals surface area contributed by atoms with Gasteiger partial charge in [-0.05, 0) is 111 Å². The Morgan fingerprint density at radius 3 is 1.86 bits per heavy atom. The highest BCUT2D eigenvalue weighted by atomic mass is 31.2. The molecular weight excluding hydrogens is 1050 g/mol. The number of nitrogens with one attached hydrogen (secondary N) is 1. The Morgan fingerprint density at radius 2 is 1.31 bits per heavy atom. The zero-order valence-electron chi connectivity index (χ0n) is 46.0. The fourth-order valence-corrected chi connectivity index (χ4v) is 11.4. The van der Waals surface area contributed by atoms with Gasteiger partial charge >= 0.3 is 0 Å². The maximum atomic E-state index is 13.9. The number of amides is 2. The summed E-state index contributed by atoms with van der Waals surface area (Å²) in [5.74, 6) is 1.35. The molecule has 4 atom stereocenters. The third-order valence-electron chi connectivity index (χ3n) is 13.4. The van der Waals surface area contributed by atoms with Gasteiger partial charge in [0.15, 0.2) is 18.9 Å². The van der Waals surface area contributed by atoms with Crippen LogP contribution in [-0.4, -0.2) is 101 Å². The van der Waals surface area contributed by atoms with Gasteiger partial charge < -0.3 is 42.8 Å². The summed E-state index contributed by atoms with van der Waals surface area (Å²) < 4.78 is 55.1. The van der Waals surface area contributed by atoms with Gasteiger partial charge in [0.1, 0.15) is 46.4 Å². The highest BCUT2D eigenvalue weighted by Gasteiger charge is 2.45. The molecule has 0 saturated carbocycles. The van der Waals surface area contributed by atoms with E-state index in [9.17, 15) is 14.9 Å². The van der Waals surface area contributed by atoms with Crippen molar-refractivity contribution in [1.82, 2.24) is 24.2 Å². The van der Waals surface area contributed by atoms with Crippen molar-refractivity contribution in [3.63, 3.8) is 0 Å². The Labute approximate surface area is 473 Å². The average molecular weight is 1110 g/mol. The number of nitriles is 1. The van der Waals surface area contributed by atoms with Crippen LogP contribution in [-0.2, 0) is 33.7 Å². The molecule has 19 heteroatoms. The number of aromatic nitrogens is 4. The molecule has 81 heavy (non-hydrogen) atoms. The Morgan fingerprint density at radius 1 is 0.741 bits per heavy atom. The van der Waals surface area contributed by atoms with Crippen molar-refractivity contribution in [2.24, 2.45) is 0 Å². The third kappa shape index (κ3) is 13.8. The Kier molecular flexibility index (Phi) is 19.3. The van der Waals surface area contributed by atoms with E-state index in [1.54, 1.807) is 99.5 Å². The van der Waals surface area contributed by atoms with Crippen LogP contribution in [0, 0.1) is 11.3 Å². The number of carbonyl (C=O) groups excluding carboxylic acids is 2. The summed E-state index contributed by atoms with van der Waals surface area (Å²) in [7, 11) is 1.55. The van der Waals surface area contributed by atoms with Crippen LogP contribution in [0.5, 0.6) is 23.0 Å². The first-order valence-corrected chi connectivity index (χ1v) is 27.8. The third-order valence-corrected chi connectivity index (χ3v) is 15.6. The van der Waals surface area contributed by atoms with Gasteiger partial charge in [-0.2, -0.15) is 10.2 Å². The molecule has 2 amide bonds. The molecule has 6 aromatic carbocycles. The Balaban J connectivity index is 1.04. The van der Waals surface area contributed by atoms with E-state index in [1.165, 1.54) is 0 Å². The molecule has 18 nitrogen and oxygen atoms in total.